The number of aryl methyl sites for hydroxylation is 3. The Hall–Kier alpha value is -4.42. The van der Waals surface area contributed by atoms with Crippen molar-refractivity contribution in [3.63, 3.8) is 0 Å². The zero-order valence-electron chi connectivity index (χ0n) is 23.1. The fourth-order valence-electron chi connectivity index (χ4n) is 5.67. The quantitative estimate of drug-likeness (QED) is 0.219. The van der Waals surface area contributed by atoms with Gasteiger partial charge in [0.2, 0.25) is 0 Å². The molecule has 0 aliphatic carbocycles. The first-order chi connectivity index (χ1) is 19.4. The first-order valence-electron chi connectivity index (χ1n) is 13.5. The summed E-state index contributed by atoms with van der Waals surface area (Å²) in [6.07, 6.45) is 1.84. The fourth-order valence-corrected chi connectivity index (χ4v) is 6.02. The maximum Gasteiger partial charge on any atom is 0.174 e. The van der Waals surface area contributed by atoms with E-state index in [2.05, 4.69) is 84.1 Å². The van der Waals surface area contributed by atoms with Gasteiger partial charge in [-0.15, -0.1) is 0 Å². The molecule has 0 amide bonds. The van der Waals surface area contributed by atoms with Gasteiger partial charge in [0.05, 0.1) is 17.8 Å². The minimum atomic E-state index is -0.108. The maximum atomic E-state index is 6.17. The minimum absolute atomic E-state index is 0.0877. The van der Waals surface area contributed by atoms with Crippen LogP contribution in [-0.2, 0) is 0 Å². The van der Waals surface area contributed by atoms with Crippen LogP contribution in [0.15, 0.2) is 103 Å². The lowest BCUT2D eigenvalue weighted by Crippen LogP contribution is -2.29. The highest BCUT2D eigenvalue weighted by Crippen LogP contribution is 2.44. The van der Waals surface area contributed by atoms with Crippen molar-refractivity contribution in [3.8, 4) is 17.2 Å². The number of nitrogens with one attached hydrogen (secondary N) is 1. The molecule has 200 valence electrons. The molecule has 3 heterocycles. The molecule has 1 saturated heterocycles. The normalized spacial score (nSPS) is 16.7. The first-order valence-corrected chi connectivity index (χ1v) is 13.9. The summed E-state index contributed by atoms with van der Waals surface area (Å²) in [6, 6.07) is 33.0. The number of aromatic nitrogens is 2. The van der Waals surface area contributed by atoms with E-state index in [1.54, 1.807) is 0 Å². The largest absolute Gasteiger partial charge is 0.457 e. The van der Waals surface area contributed by atoms with Gasteiger partial charge in [0.15, 0.2) is 5.11 Å². The molecule has 6 rings (SSSR count). The van der Waals surface area contributed by atoms with E-state index in [-0.39, 0.29) is 12.1 Å². The van der Waals surface area contributed by atoms with Crippen LogP contribution in [-0.4, -0.2) is 14.7 Å². The number of rotatable bonds is 6. The van der Waals surface area contributed by atoms with Gasteiger partial charge in [0.1, 0.15) is 11.5 Å². The molecule has 6 heteroatoms. The molecule has 1 N–H and O–H groups in total. The Morgan fingerprint density at radius 3 is 2.30 bits per heavy atom. The third-order valence-electron chi connectivity index (χ3n) is 7.58. The predicted molar refractivity (Wildman–Crippen MR) is 166 cm³/mol. The molecule has 1 aliphatic heterocycles. The average molecular weight is 545 g/mol. The number of anilines is 1. The van der Waals surface area contributed by atoms with Crippen molar-refractivity contribution in [3.05, 3.63) is 137 Å². The van der Waals surface area contributed by atoms with Gasteiger partial charge in [-0.25, -0.2) is 0 Å². The second-order valence-electron chi connectivity index (χ2n) is 10.4. The molecular weight excluding hydrogens is 512 g/mol. The van der Waals surface area contributed by atoms with Crippen LogP contribution in [0.25, 0.3) is 5.69 Å². The molecule has 0 radical (unpaired) electrons. The van der Waals surface area contributed by atoms with Crippen molar-refractivity contribution in [2.24, 2.45) is 0 Å². The highest BCUT2D eigenvalue weighted by atomic mass is 32.1. The molecular formula is C34H32N4OS. The van der Waals surface area contributed by atoms with E-state index in [4.69, 9.17) is 21.9 Å². The Kier molecular flexibility index (Phi) is 6.86. The lowest BCUT2D eigenvalue weighted by atomic mass is 9.96. The molecule has 40 heavy (non-hydrogen) atoms. The van der Waals surface area contributed by atoms with Crippen molar-refractivity contribution < 1.29 is 4.74 Å². The molecule has 1 fully saturated rings. The lowest BCUT2D eigenvalue weighted by molar-refractivity contribution is 0.479. The first kappa shape index (κ1) is 25.8. The number of hydrogen-bond acceptors (Lipinski definition) is 3. The van der Waals surface area contributed by atoms with Crippen LogP contribution in [0.5, 0.6) is 11.5 Å². The highest BCUT2D eigenvalue weighted by molar-refractivity contribution is 7.80. The van der Waals surface area contributed by atoms with Crippen LogP contribution >= 0.6 is 12.2 Å². The number of pyridine rings is 1. The van der Waals surface area contributed by atoms with Gasteiger partial charge < -0.3 is 19.5 Å². The number of benzene rings is 3. The van der Waals surface area contributed by atoms with Crippen LogP contribution in [0.3, 0.4) is 0 Å². The van der Waals surface area contributed by atoms with E-state index in [1.165, 1.54) is 22.5 Å². The van der Waals surface area contributed by atoms with Gasteiger partial charge >= 0.3 is 0 Å². The standard InChI is InChI=1S/C34H32N4OS/c1-22-10-9-12-27(20-22)37-24(3)21-29(25(37)4)33-32(30-13-7-8-19-35-30)36-34(40)38(33)26-15-17-28(18-16-26)39-31-14-6-5-11-23(31)2/h5-21,32-33H,1-4H3,(H,36,40)/t32-,33-/m0/s1. The zero-order chi connectivity index (χ0) is 27.8. The molecule has 2 atom stereocenters. The second kappa shape index (κ2) is 10.6. The van der Waals surface area contributed by atoms with Crippen LogP contribution in [0.1, 0.15) is 45.9 Å². The predicted octanol–water partition coefficient (Wildman–Crippen LogP) is 8.08. The molecule has 0 spiro atoms. The van der Waals surface area contributed by atoms with Crippen LogP contribution in [0.4, 0.5) is 5.69 Å². The van der Waals surface area contributed by atoms with E-state index >= 15 is 0 Å². The minimum Gasteiger partial charge on any atom is -0.457 e. The Morgan fingerprint density at radius 2 is 1.57 bits per heavy atom. The van der Waals surface area contributed by atoms with Gasteiger partial charge in [-0.1, -0.05) is 36.4 Å². The lowest BCUT2D eigenvalue weighted by Gasteiger charge is -2.28. The van der Waals surface area contributed by atoms with Crippen molar-refractivity contribution in [2.45, 2.75) is 39.8 Å². The van der Waals surface area contributed by atoms with Crippen LogP contribution in [0.2, 0.25) is 0 Å². The number of para-hydroxylation sites is 1. The van der Waals surface area contributed by atoms with Crippen LogP contribution < -0.4 is 15.0 Å². The van der Waals surface area contributed by atoms with Gasteiger partial charge in [0, 0.05) is 29.0 Å². The summed E-state index contributed by atoms with van der Waals surface area (Å²) in [4.78, 5) is 6.94. The number of thiocarbonyl (C=S) groups is 1. The van der Waals surface area contributed by atoms with Gasteiger partial charge in [-0.05, 0) is 117 Å². The number of ether oxygens (including phenoxy) is 1. The topological polar surface area (TPSA) is 42.3 Å². The molecule has 3 aromatic carbocycles. The summed E-state index contributed by atoms with van der Waals surface area (Å²) in [5.74, 6) is 1.64. The summed E-state index contributed by atoms with van der Waals surface area (Å²) in [5, 5.41) is 4.26. The highest BCUT2D eigenvalue weighted by Gasteiger charge is 2.42. The van der Waals surface area contributed by atoms with Crippen molar-refractivity contribution in [1.29, 1.82) is 0 Å². The van der Waals surface area contributed by atoms with Gasteiger partial charge in [0.25, 0.3) is 0 Å². The Bertz CT molecular complexity index is 1680. The Morgan fingerprint density at radius 1 is 0.800 bits per heavy atom. The Labute approximate surface area is 241 Å². The van der Waals surface area contributed by atoms with E-state index in [0.29, 0.717) is 5.11 Å². The summed E-state index contributed by atoms with van der Waals surface area (Å²) < 4.78 is 8.50. The third-order valence-corrected chi connectivity index (χ3v) is 7.90. The summed E-state index contributed by atoms with van der Waals surface area (Å²) in [7, 11) is 0. The summed E-state index contributed by atoms with van der Waals surface area (Å²) in [6.45, 7) is 8.53. The molecule has 1 aliphatic rings. The van der Waals surface area contributed by atoms with Crippen molar-refractivity contribution >= 4 is 23.0 Å². The molecule has 5 aromatic rings. The van der Waals surface area contributed by atoms with E-state index in [0.717, 1.165) is 34.1 Å². The smallest absolute Gasteiger partial charge is 0.174 e. The monoisotopic (exact) mass is 544 g/mol. The molecule has 0 unspecified atom stereocenters. The SMILES string of the molecule is Cc1cccc(-n2c(C)cc([C@H]3[C@H](c4ccccn4)NC(=S)N3c3ccc(Oc4ccccc4C)cc3)c2C)c1. The molecule has 5 nitrogen and oxygen atoms in total. The second-order valence-corrected chi connectivity index (χ2v) is 10.7. The third kappa shape index (κ3) is 4.75. The number of nitrogens with zero attached hydrogens (tertiary/aromatic N) is 3. The number of hydrogen-bond donors (Lipinski definition) is 1. The van der Waals surface area contributed by atoms with E-state index in [1.807, 2.05) is 61.7 Å². The summed E-state index contributed by atoms with van der Waals surface area (Å²) >= 11 is 5.97. The van der Waals surface area contributed by atoms with Gasteiger partial charge in [-0.3, -0.25) is 4.98 Å². The van der Waals surface area contributed by atoms with Crippen molar-refractivity contribution in [1.82, 2.24) is 14.9 Å². The van der Waals surface area contributed by atoms with E-state index < -0.39 is 0 Å². The van der Waals surface area contributed by atoms with Crippen LogP contribution in [0, 0.1) is 27.7 Å². The van der Waals surface area contributed by atoms with E-state index in [9.17, 15) is 0 Å². The maximum absolute atomic E-state index is 6.17. The zero-order valence-corrected chi connectivity index (χ0v) is 23.9. The fraction of sp³-hybridized carbons (Fsp3) is 0.176. The van der Waals surface area contributed by atoms with Gasteiger partial charge in [-0.2, -0.15) is 0 Å². The van der Waals surface area contributed by atoms with Crippen molar-refractivity contribution in [2.75, 3.05) is 4.90 Å². The average Bonchev–Trinajstić information content (AvgIpc) is 3.45. The summed E-state index contributed by atoms with van der Waals surface area (Å²) in [5.41, 5.74) is 9.02. The molecule has 2 aromatic heterocycles. The molecule has 0 bridgehead atoms. The molecule has 0 saturated carbocycles. The Balaban J connectivity index is 1.42.